The van der Waals surface area contributed by atoms with Gasteiger partial charge in [0.05, 0.1) is 12.7 Å². The Bertz CT molecular complexity index is 149. The van der Waals surface area contributed by atoms with E-state index in [0.717, 1.165) is 0 Å². The minimum absolute atomic E-state index is 0.336. The molecule has 0 amide bonds. The van der Waals surface area contributed by atoms with Crippen molar-refractivity contribution < 1.29 is 4.74 Å². The molecule has 0 heterocycles. The molecule has 0 aromatic carbocycles. The van der Waals surface area contributed by atoms with Crippen LogP contribution >= 0.6 is 0 Å². The quantitative estimate of drug-likeness (QED) is 0.585. The minimum Gasteiger partial charge on any atom is -0.370 e. The second-order valence-corrected chi connectivity index (χ2v) is 3.23. The monoisotopic (exact) mass is 166 g/mol. The Morgan fingerprint density at radius 2 is 2.33 bits per heavy atom. The lowest BCUT2D eigenvalue weighted by Gasteiger charge is -2.14. The van der Waals surface area contributed by atoms with E-state index in [1.807, 2.05) is 6.08 Å². The van der Waals surface area contributed by atoms with E-state index < -0.39 is 0 Å². The molecule has 0 N–H and O–H groups in total. The van der Waals surface area contributed by atoms with Crippen LogP contribution in [0, 0.1) is 0 Å². The van der Waals surface area contributed by atoms with E-state index >= 15 is 0 Å². The van der Waals surface area contributed by atoms with Crippen LogP contribution < -0.4 is 0 Å². The van der Waals surface area contributed by atoms with Gasteiger partial charge < -0.3 is 4.74 Å². The molecule has 1 nitrogen and oxygen atoms in total. The second-order valence-electron chi connectivity index (χ2n) is 3.23. The highest BCUT2D eigenvalue weighted by atomic mass is 16.5. The molecule has 0 saturated carbocycles. The van der Waals surface area contributed by atoms with Crippen molar-refractivity contribution in [1.82, 2.24) is 0 Å². The van der Waals surface area contributed by atoms with Crippen LogP contribution in [0.15, 0.2) is 24.8 Å². The van der Waals surface area contributed by atoms with Gasteiger partial charge in [-0.05, 0) is 19.3 Å². The Hall–Kier alpha value is -0.560. The lowest BCUT2D eigenvalue weighted by Crippen LogP contribution is -2.10. The van der Waals surface area contributed by atoms with E-state index in [0.29, 0.717) is 12.7 Å². The van der Waals surface area contributed by atoms with Gasteiger partial charge >= 0.3 is 0 Å². The first-order valence-electron chi connectivity index (χ1n) is 4.82. The lowest BCUT2D eigenvalue weighted by atomic mass is 10.0. The molecular weight excluding hydrogens is 148 g/mol. The number of hydrogen-bond donors (Lipinski definition) is 0. The Kier molecular flexibility index (Phi) is 4.77. The number of rotatable bonds is 3. The van der Waals surface area contributed by atoms with Crippen LogP contribution in [0.2, 0.25) is 0 Å². The van der Waals surface area contributed by atoms with Gasteiger partial charge in [-0.2, -0.15) is 0 Å². The molecule has 1 rings (SSSR count). The maximum Gasteiger partial charge on any atom is 0.0760 e. The van der Waals surface area contributed by atoms with E-state index in [1.54, 1.807) is 0 Å². The summed E-state index contributed by atoms with van der Waals surface area (Å²) in [4.78, 5) is 0. The summed E-state index contributed by atoms with van der Waals surface area (Å²) in [6.45, 7) is 4.31. The summed E-state index contributed by atoms with van der Waals surface area (Å²) < 4.78 is 5.56. The summed E-state index contributed by atoms with van der Waals surface area (Å²) in [6, 6.07) is 0. The Balaban J connectivity index is 2.27. The molecule has 0 saturated heterocycles. The summed E-state index contributed by atoms with van der Waals surface area (Å²) in [5.41, 5.74) is 0. The third-order valence-electron chi connectivity index (χ3n) is 2.14. The van der Waals surface area contributed by atoms with E-state index in [4.69, 9.17) is 4.74 Å². The standard InChI is InChI=1S/C11H18O/c1-2-10-12-11-8-6-4-3-5-7-9-11/h2,6,8,11H,1,3-5,7,9-10H2. The molecule has 1 heteroatoms. The van der Waals surface area contributed by atoms with Gasteiger partial charge in [-0.3, -0.25) is 0 Å². The Morgan fingerprint density at radius 1 is 1.42 bits per heavy atom. The normalized spacial score (nSPS) is 24.5. The summed E-state index contributed by atoms with van der Waals surface area (Å²) in [5.74, 6) is 0. The van der Waals surface area contributed by atoms with Crippen LogP contribution in [-0.2, 0) is 4.74 Å². The van der Waals surface area contributed by atoms with Gasteiger partial charge in [0.25, 0.3) is 0 Å². The van der Waals surface area contributed by atoms with Gasteiger partial charge in [-0.15, -0.1) is 6.58 Å². The van der Waals surface area contributed by atoms with Gasteiger partial charge in [-0.25, -0.2) is 0 Å². The number of hydrogen-bond acceptors (Lipinski definition) is 1. The van der Waals surface area contributed by atoms with Crippen LogP contribution in [0.3, 0.4) is 0 Å². The molecular formula is C11H18O. The molecule has 1 aliphatic rings. The molecule has 0 bridgehead atoms. The molecule has 0 radical (unpaired) electrons. The predicted octanol–water partition coefficient (Wildman–Crippen LogP) is 3.08. The van der Waals surface area contributed by atoms with Crippen molar-refractivity contribution in [2.24, 2.45) is 0 Å². The molecule has 0 aromatic heterocycles. The fourth-order valence-electron chi connectivity index (χ4n) is 1.46. The summed E-state index contributed by atoms with van der Waals surface area (Å²) in [7, 11) is 0. The largest absolute Gasteiger partial charge is 0.370 e. The highest BCUT2D eigenvalue weighted by Gasteiger charge is 2.05. The Labute approximate surface area is 75.1 Å². The highest BCUT2D eigenvalue weighted by molar-refractivity contribution is 4.91. The molecule has 0 aromatic rings. The zero-order valence-electron chi connectivity index (χ0n) is 7.67. The zero-order chi connectivity index (χ0) is 8.65. The van der Waals surface area contributed by atoms with Crippen LogP contribution in [-0.4, -0.2) is 12.7 Å². The molecule has 1 unspecified atom stereocenters. The van der Waals surface area contributed by atoms with Crippen molar-refractivity contribution in [1.29, 1.82) is 0 Å². The molecule has 68 valence electrons. The van der Waals surface area contributed by atoms with Crippen molar-refractivity contribution in [3.05, 3.63) is 24.8 Å². The first-order valence-corrected chi connectivity index (χ1v) is 4.82. The van der Waals surface area contributed by atoms with Crippen molar-refractivity contribution >= 4 is 0 Å². The van der Waals surface area contributed by atoms with Crippen LogP contribution in [0.4, 0.5) is 0 Å². The van der Waals surface area contributed by atoms with Gasteiger partial charge in [0, 0.05) is 0 Å². The van der Waals surface area contributed by atoms with E-state index in [-0.39, 0.29) is 0 Å². The highest BCUT2D eigenvalue weighted by Crippen LogP contribution is 2.13. The van der Waals surface area contributed by atoms with Gasteiger partial charge in [-0.1, -0.05) is 31.1 Å². The Morgan fingerprint density at radius 3 is 3.17 bits per heavy atom. The summed E-state index contributed by atoms with van der Waals surface area (Å²) in [5, 5.41) is 0. The summed E-state index contributed by atoms with van der Waals surface area (Å²) >= 11 is 0. The van der Waals surface area contributed by atoms with Gasteiger partial charge in [0.2, 0.25) is 0 Å². The maximum absolute atomic E-state index is 5.56. The van der Waals surface area contributed by atoms with E-state index in [2.05, 4.69) is 18.7 Å². The molecule has 1 aliphatic carbocycles. The fraction of sp³-hybridized carbons (Fsp3) is 0.636. The topological polar surface area (TPSA) is 9.23 Å². The number of ether oxygens (including phenoxy) is 1. The van der Waals surface area contributed by atoms with Gasteiger partial charge in [0.1, 0.15) is 0 Å². The minimum atomic E-state index is 0.336. The SMILES string of the molecule is C=CCOC1C=CCCCCC1. The first-order chi connectivity index (χ1) is 5.93. The number of allylic oxidation sites excluding steroid dienone is 1. The predicted molar refractivity (Wildman–Crippen MR) is 52.2 cm³/mol. The van der Waals surface area contributed by atoms with Gasteiger partial charge in [0.15, 0.2) is 0 Å². The van der Waals surface area contributed by atoms with Crippen molar-refractivity contribution in [2.75, 3.05) is 6.61 Å². The lowest BCUT2D eigenvalue weighted by molar-refractivity contribution is 0.0995. The average molecular weight is 166 g/mol. The van der Waals surface area contributed by atoms with Crippen molar-refractivity contribution in [3.63, 3.8) is 0 Å². The molecule has 1 atom stereocenters. The van der Waals surface area contributed by atoms with E-state index in [1.165, 1.54) is 32.1 Å². The molecule has 0 fully saturated rings. The molecule has 0 spiro atoms. The van der Waals surface area contributed by atoms with Crippen LogP contribution in [0.1, 0.15) is 32.1 Å². The fourth-order valence-corrected chi connectivity index (χ4v) is 1.46. The third-order valence-corrected chi connectivity index (χ3v) is 2.14. The van der Waals surface area contributed by atoms with Crippen molar-refractivity contribution in [2.45, 2.75) is 38.2 Å². The first kappa shape index (κ1) is 9.53. The maximum atomic E-state index is 5.56. The smallest absolute Gasteiger partial charge is 0.0760 e. The van der Waals surface area contributed by atoms with E-state index in [9.17, 15) is 0 Å². The zero-order valence-corrected chi connectivity index (χ0v) is 7.67. The van der Waals surface area contributed by atoms with Crippen LogP contribution in [0.5, 0.6) is 0 Å². The molecule has 0 aliphatic heterocycles. The van der Waals surface area contributed by atoms with Crippen LogP contribution in [0.25, 0.3) is 0 Å². The average Bonchev–Trinajstić information content (AvgIpc) is 2.02. The third kappa shape index (κ3) is 3.72. The summed E-state index contributed by atoms with van der Waals surface area (Å²) in [6.07, 6.45) is 13.0. The second kappa shape index (κ2) is 6.01. The molecule has 12 heavy (non-hydrogen) atoms. The van der Waals surface area contributed by atoms with Crippen molar-refractivity contribution in [3.8, 4) is 0 Å².